The van der Waals surface area contributed by atoms with Gasteiger partial charge in [-0.15, -0.1) is 11.3 Å². The molecule has 29 heavy (non-hydrogen) atoms. The second-order valence-electron chi connectivity index (χ2n) is 6.70. The number of likely N-dealkylation sites (N-methyl/N-ethyl adjacent to an activating group) is 1. The summed E-state index contributed by atoms with van der Waals surface area (Å²) < 4.78 is 20.5. The minimum absolute atomic E-state index is 0.0615. The number of fused-ring (bicyclic) bond motifs is 1. The third kappa shape index (κ3) is 3.89. The van der Waals surface area contributed by atoms with E-state index in [0.717, 1.165) is 19.2 Å². The maximum atomic E-state index is 14.2. The average Bonchev–Trinajstić information content (AvgIpc) is 3.14. The number of nitro benzene ring substituents is 1. The van der Waals surface area contributed by atoms with Crippen molar-refractivity contribution in [2.45, 2.75) is 0 Å². The van der Waals surface area contributed by atoms with Gasteiger partial charge in [0.25, 0.3) is 11.6 Å². The van der Waals surface area contributed by atoms with E-state index < -0.39 is 10.7 Å². The standard InChI is InChI=1S/C19H17FN4O4S/c1-22-6-8-23(9-7-22)19(25)17-11-14-18(29-17)16(4-5-21-14)28-15-3-2-12(24(26)27)10-13(15)20/h2-5,10-11H,6-9H2,1H3. The van der Waals surface area contributed by atoms with Gasteiger partial charge in [0.1, 0.15) is 5.75 Å². The Morgan fingerprint density at radius 1 is 1.21 bits per heavy atom. The Morgan fingerprint density at radius 3 is 2.66 bits per heavy atom. The van der Waals surface area contributed by atoms with Crippen molar-refractivity contribution >= 4 is 33.1 Å². The molecule has 8 nitrogen and oxygen atoms in total. The number of nitrogens with zero attached hydrogens (tertiary/aromatic N) is 4. The number of thiophene rings is 1. The first kappa shape index (κ1) is 19.2. The van der Waals surface area contributed by atoms with E-state index in [0.29, 0.717) is 33.9 Å². The van der Waals surface area contributed by atoms with Gasteiger partial charge in [-0.05, 0) is 19.2 Å². The van der Waals surface area contributed by atoms with Crippen molar-refractivity contribution < 1.29 is 18.8 Å². The molecule has 1 aliphatic heterocycles. The number of rotatable bonds is 4. The molecule has 0 bridgehead atoms. The summed E-state index contributed by atoms with van der Waals surface area (Å²) in [5.41, 5.74) is 0.221. The van der Waals surface area contributed by atoms with E-state index in [4.69, 9.17) is 4.74 Å². The summed E-state index contributed by atoms with van der Waals surface area (Å²) in [6.45, 7) is 2.97. The number of hydrogen-bond acceptors (Lipinski definition) is 7. The zero-order valence-electron chi connectivity index (χ0n) is 15.5. The number of nitro groups is 1. The largest absolute Gasteiger partial charge is 0.453 e. The second kappa shape index (κ2) is 7.72. The molecule has 1 amide bonds. The van der Waals surface area contributed by atoms with Crippen molar-refractivity contribution in [2.24, 2.45) is 0 Å². The van der Waals surface area contributed by atoms with Gasteiger partial charge in [-0.3, -0.25) is 19.9 Å². The zero-order chi connectivity index (χ0) is 20.5. The van der Waals surface area contributed by atoms with Crippen LogP contribution in [0.1, 0.15) is 9.67 Å². The van der Waals surface area contributed by atoms with E-state index >= 15 is 0 Å². The molecular weight excluding hydrogens is 399 g/mol. The smallest absolute Gasteiger partial charge is 0.272 e. The van der Waals surface area contributed by atoms with Crippen LogP contribution in [0, 0.1) is 15.9 Å². The number of amides is 1. The number of halogens is 1. The van der Waals surface area contributed by atoms with E-state index in [9.17, 15) is 19.3 Å². The average molecular weight is 416 g/mol. The monoisotopic (exact) mass is 416 g/mol. The molecule has 3 aromatic rings. The van der Waals surface area contributed by atoms with E-state index in [1.54, 1.807) is 17.0 Å². The molecule has 0 spiro atoms. The van der Waals surface area contributed by atoms with Crippen molar-refractivity contribution in [1.82, 2.24) is 14.8 Å². The zero-order valence-corrected chi connectivity index (χ0v) is 16.3. The van der Waals surface area contributed by atoms with Gasteiger partial charge in [-0.2, -0.15) is 0 Å². The van der Waals surface area contributed by atoms with Gasteiger partial charge in [0, 0.05) is 44.5 Å². The van der Waals surface area contributed by atoms with E-state index in [2.05, 4.69) is 9.88 Å². The third-order valence-corrected chi connectivity index (χ3v) is 5.85. The number of carbonyl (C=O) groups excluding carboxylic acids is 1. The summed E-state index contributed by atoms with van der Waals surface area (Å²) in [5.74, 6) is -0.698. The van der Waals surface area contributed by atoms with Crippen LogP contribution in [-0.4, -0.2) is 58.8 Å². The van der Waals surface area contributed by atoms with Gasteiger partial charge in [-0.1, -0.05) is 0 Å². The normalized spacial score (nSPS) is 14.9. The van der Waals surface area contributed by atoms with Crippen LogP contribution in [0.2, 0.25) is 0 Å². The van der Waals surface area contributed by atoms with Gasteiger partial charge < -0.3 is 14.5 Å². The molecule has 4 rings (SSSR count). The Hall–Kier alpha value is -3.11. The van der Waals surface area contributed by atoms with E-state index in [-0.39, 0.29) is 17.3 Å². The van der Waals surface area contributed by atoms with E-state index in [1.807, 2.05) is 7.05 Å². The van der Waals surface area contributed by atoms with Gasteiger partial charge in [0.2, 0.25) is 0 Å². The molecule has 2 aromatic heterocycles. The summed E-state index contributed by atoms with van der Waals surface area (Å²) in [4.78, 5) is 31.7. The quantitative estimate of drug-likeness (QED) is 0.478. The van der Waals surface area contributed by atoms with Crippen molar-refractivity contribution in [3.63, 3.8) is 0 Å². The molecule has 1 fully saturated rings. The Morgan fingerprint density at radius 2 is 1.97 bits per heavy atom. The van der Waals surface area contributed by atoms with Crippen LogP contribution in [0.3, 0.4) is 0 Å². The molecule has 0 atom stereocenters. The summed E-state index contributed by atoms with van der Waals surface area (Å²) in [6.07, 6.45) is 1.51. The lowest BCUT2D eigenvalue weighted by molar-refractivity contribution is -0.385. The highest BCUT2D eigenvalue weighted by molar-refractivity contribution is 7.21. The summed E-state index contributed by atoms with van der Waals surface area (Å²) in [6, 6.07) is 6.48. The lowest BCUT2D eigenvalue weighted by Gasteiger charge is -2.32. The summed E-state index contributed by atoms with van der Waals surface area (Å²) in [7, 11) is 2.02. The number of aromatic nitrogens is 1. The Bertz CT molecular complexity index is 1100. The Labute approximate surface area is 169 Å². The number of hydrogen-bond donors (Lipinski definition) is 0. The summed E-state index contributed by atoms with van der Waals surface area (Å²) >= 11 is 1.24. The molecule has 0 saturated carbocycles. The highest BCUT2D eigenvalue weighted by Gasteiger charge is 2.23. The van der Waals surface area contributed by atoms with Crippen LogP contribution in [0.4, 0.5) is 10.1 Å². The number of piperazine rings is 1. The number of benzene rings is 1. The number of non-ortho nitro benzene ring substituents is 1. The first-order chi connectivity index (χ1) is 13.9. The predicted molar refractivity (Wildman–Crippen MR) is 106 cm³/mol. The minimum atomic E-state index is -0.838. The van der Waals surface area contributed by atoms with Crippen LogP contribution < -0.4 is 4.74 Å². The van der Waals surface area contributed by atoms with Crippen molar-refractivity contribution in [3.05, 3.63) is 57.3 Å². The van der Waals surface area contributed by atoms with Gasteiger partial charge in [0.05, 0.1) is 26.1 Å². The fourth-order valence-electron chi connectivity index (χ4n) is 3.07. The van der Waals surface area contributed by atoms with Crippen molar-refractivity contribution in [3.8, 4) is 11.5 Å². The highest BCUT2D eigenvalue weighted by Crippen LogP contribution is 2.36. The molecule has 0 unspecified atom stereocenters. The molecule has 0 N–H and O–H groups in total. The molecule has 1 aromatic carbocycles. The van der Waals surface area contributed by atoms with Crippen LogP contribution in [-0.2, 0) is 0 Å². The second-order valence-corrected chi connectivity index (χ2v) is 7.76. The minimum Gasteiger partial charge on any atom is -0.453 e. The van der Waals surface area contributed by atoms with Gasteiger partial charge >= 0.3 is 0 Å². The lowest BCUT2D eigenvalue weighted by atomic mass is 10.3. The van der Waals surface area contributed by atoms with Crippen LogP contribution >= 0.6 is 11.3 Å². The Kier molecular flexibility index (Phi) is 5.12. The predicted octanol–water partition coefficient (Wildman–Crippen LogP) is 3.52. The molecule has 0 radical (unpaired) electrons. The number of pyridine rings is 1. The number of ether oxygens (including phenoxy) is 1. The molecule has 1 saturated heterocycles. The number of carbonyl (C=O) groups is 1. The SMILES string of the molecule is CN1CCN(C(=O)c2cc3nccc(Oc4ccc([N+](=O)[O-])cc4F)c3s2)CC1. The Balaban J connectivity index is 1.61. The fraction of sp³-hybridized carbons (Fsp3) is 0.263. The molecule has 3 heterocycles. The third-order valence-electron chi connectivity index (χ3n) is 4.72. The maximum absolute atomic E-state index is 14.2. The van der Waals surface area contributed by atoms with Crippen molar-refractivity contribution in [1.29, 1.82) is 0 Å². The molecule has 0 aliphatic carbocycles. The molecular formula is C19H17FN4O4S. The molecule has 10 heteroatoms. The van der Waals surface area contributed by atoms with E-state index in [1.165, 1.54) is 29.7 Å². The topological polar surface area (TPSA) is 88.8 Å². The first-order valence-electron chi connectivity index (χ1n) is 8.90. The highest BCUT2D eigenvalue weighted by atomic mass is 32.1. The van der Waals surface area contributed by atoms with Crippen LogP contribution in [0.15, 0.2) is 36.5 Å². The molecule has 1 aliphatic rings. The van der Waals surface area contributed by atoms with Crippen LogP contribution in [0.5, 0.6) is 11.5 Å². The summed E-state index contributed by atoms with van der Waals surface area (Å²) in [5, 5.41) is 10.8. The lowest BCUT2D eigenvalue weighted by Crippen LogP contribution is -2.46. The van der Waals surface area contributed by atoms with Crippen LogP contribution in [0.25, 0.3) is 10.2 Å². The molecule has 150 valence electrons. The first-order valence-corrected chi connectivity index (χ1v) is 9.72. The van der Waals surface area contributed by atoms with Crippen molar-refractivity contribution in [2.75, 3.05) is 33.2 Å². The van der Waals surface area contributed by atoms with Gasteiger partial charge in [0.15, 0.2) is 11.6 Å². The maximum Gasteiger partial charge on any atom is 0.272 e. The fourth-order valence-corrected chi connectivity index (χ4v) is 4.10. The van der Waals surface area contributed by atoms with Gasteiger partial charge in [-0.25, -0.2) is 4.39 Å².